The molecule has 0 radical (unpaired) electrons. The van der Waals surface area contributed by atoms with Crippen molar-refractivity contribution in [2.24, 2.45) is 23.5 Å². The van der Waals surface area contributed by atoms with E-state index >= 15 is 0 Å². The van der Waals surface area contributed by atoms with Crippen molar-refractivity contribution in [3.63, 3.8) is 0 Å². The van der Waals surface area contributed by atoms with Crippen LogP contribution in [-0.2, 0) is 9.53 Å². The first-order valence-corrected chi connectivity index (χ1v) is 7.73. The van der Waals surface area contributed by atoms with Crippen molar-refractivity contribution >= 4 is 5.91 Å². The highest BCUT2D eigenvalue weighted by Crippen LogP contribution is 2.29. The highest BCUT2D eigenvalue weighted by molar-refractivity contribution is 5.78. The molecule has 0 aromatic carbocycles. The number of ether oxygens (including phenoxy) is 1. The molecular weight excluding hydrogens is 240 g/mol. The van der Waals surface area contributed by atoms with Crippen LogP contribution >= 0.6 is 0 Å². The fraction of sp³-hybridized carbons (Fsp3) is 0.933. The zero-order valence-electron chi connectivity index (χ0n) is 12.1. The van der Waals surface area contributed by atoms with Gasteiger partial charge in [0.1, 0.15) is 0 Å². The molecule has 0 unspecified atom stereocenters. The van der Waals surface area contributed by atoms with Gasteiger partial charge in [-0.05, 0) is 56.9 Å². The summed E-state index contributed by atoms with van der Waals surface area (Å²) < 4.78 is 5.59. The number of amides is 1. The second-order valence-corrected chi connectivity index (χ2v) is 6.23. The second-order valence-electron chi connectivity index (χ2n) is 6.23. The third kappa shape index (κ3) is 4.77. The molecule has 110 valence electrons. The first-order valence-electron chi connectivity index (χ1n) is 7.73. The third-order valence-electron chi connectivity index (χ3n) is 4.53. The number of likely N-dealkylation sites (N-methyl/N-ethyl adjacent to an activating group) is 1. The van der Waals surface area contributed by atoms with Crippen molar-refractivity contribution in [2.45, 2.75) is 38.5 Å². The van der Waals surface area contributed by atoms with Crippen LogP contribution in [0.5, 0.6) is 0 Å². The minimum absolute atomic E-state index is 0.219. The smallest absolute Gasteiger partial charge is 0.225 e. The zero-order valence-corrected chi connectivity index (χ0v) is 12.1. The van der Waals surface area contributed by atoms with E-state index in [0.717, 1.165) is 51.3 Å². The van der Waals surface area contributed by atoms with Crippen LogP contribution in [0.2, 0.25) is 0 Å². The van der Waals surface area contributed by atoms with E-state index < -0.39 is 0 Å². The lowest BCUT2D eigenvalue weighted by Gasteiger charge is -2.30. The van der Waals surface area contributed by atoms with Crippen LogP contribution in [0.15, 0.2) is 0 Å². The Bertz CT molecular complexity index is 284. The Morgan fingerprint density at radius 3 is 2.37 bits per heavy atom. The lowest BCUT2D eigenvalue weighted by Crippen LogP contribution is -2.37. The number of nitrogens with two attached hydrogens (primary N) is 1. The van der Waals surface area contributed by atoms with Crippen LogP contribution in [0.25, 0.3) is 0 Å². The van der Waals surface area contributed by atoms with Gasteiger partial charge >= 0.3 is 0 Å². The molecule has 1 amide bonds. The van der Waals surface area contributed by atoms with Gasteiger partial charge in [0.2, 0.25) is 5.91 Å². The highest BCUT2D eigenvalue weighted by atomic mass is 16.5. The summed E-state index contributed by atoms with van der Waals surface area (Å²) in [6, 6.07) is 0. The minimum Gasteiger partial charge on any atom is -0.379 e. The lowest BCUT2D eigenvalue weighted by atomic mass is 9.81. The summed E-state index contributed by atoms with van der Waals surface area (Å²) in [7, 11) is 1.90. The van der Waals surface area contributed by atoms with Crippen molar-refractivity contribution in [1.29, 1.82) is 0 Å². The van der Waals surface area contributed by atoms with E-state index in [1.54, 1.807) is 0 Å². The average molecular weight is 268 g/mol. The van der Waals surface area contributed by atoms with Crippen molar-refractivity contribution in [2.75, 3.05) is 33.4 Å². The molecule has 0 aliphatic heterocycles. The summed E-state index contributed by atoms with van der Waals surface area (Å²) >= 11 is 0. The summed E-state index contributed by atoms with van der Waals surface area (Å²) in [5, 5.41) is 0. The SMILES string of the molecule is CN(CCOCC1CC1)C(=O)C1CCC(CN)CC1. The van der Waals surface area contributed by atoms with Gasteiger partial charge in [-0.15, -0.1) is 0 Å². The van der Waals surface area contributed by atoms with Crippen molar-refractivity contribution in [1.82, 2.24) is 4.90 Å². The summed E-state index contributed by atoms with van der Waals surface area (Å²) in [5.41, 5.74) is 5.68. The standard InChI is InChI=1S/C15H28N2O2/c1-17(8-9-19-11-13-2-3-13)15(18)14-6-4-12(10-16)5-7-14/h12-14H,2-11,16H2,1H3. The fourth-order valence-electron chi connectivity index (χ4n) is 2.80. The summed E-state index contributed by atoms with van der Waals surface area (Å²) in [4.78, 5) is 14.1. The predicted octanol–water partition coefficient (Wildman–Crippen LogP) is 1.64. The summed E-state index contributed by atoms with van der Waals surface area (Å²) in [6.45, 7) is 3.05. The Kier molecular flexibility index (Phi) is 5.64. The first kappa shape index (κ1) is 14.8. The molecule has 19 heavy (non-hydrogen) atoms. The van der Waals surface area contributed by atoms with E-state index in [1.807, 2.05) is 11.9 Å². The van der Waals surface area contributed by atoms with Gasteiger partial charge in [-0.2, -0.15) is 0 Å². The number of nitrogens with zero attached hydrogens (tertiary/aromatic N) is 1. The number of carbonyl (C=O) groups excluding carboxylic acids is 1. The average Bonchev–Trinajstić information content (AvgIpc) is 3.27. The quantitative estimate of drug-likeness (QED) is 0.714. The molecule has 0 spiro atoms. The van der Waals surface area contributed by atoms with Gasteiger partial charge in [-0.25, -0.2) is 0 Å². The van der Waals surface area contributed by atoms with E-state index in [4.69, 9.17) is 10.5 Å². The first-order chi connectivity index (χ1) is 9.20. The molecule has 0 bridgehead atoms. The third-order valence-corrected chi connectivity index (χ3v) is 4.53. The number of hydrogen-bond acceptors (Lipinski definition) is 3. The minimum atomic E-state index is 0.219. The maximum Gasteiger partial charge on any atom is 0.225 e. The van der Waals surface area contributed by atoms with Gasteiger partial charge in [0, 0.05) is 26.1 Å². The van der Waals surface area contributed by atoms with E-state index in [9.17, 15) is 4.79 Å². The summed E-state index contributed by atoms with van der Waals surface area (Å²) in [6.07, 6.45) is 6.87. The van der Waals surface area contributed by atoms with Crippen LogP contribution in [0, 0.1) is 17.8 Å². The topological polar surface area (TPSA) is 55.6 Å². The molecule has 0 aromatic rings. The van der Waals surface area contributed by atoms with Gasteiger partial charge in [-0.1, -0.05) is 0 Å². The maximum atomic E-state index is 12.3. The molecular formula is C15H28N2O2. The Morgan fingerprint density at radius 1 is 1.16 bits per heavy atom. The Balaban J connectivity index is 1.60. The molecule has 2 rings (SSSR count). The Labute approximate surface area is 116 Å². The van der Waals surface area contributed by atoms with Crippen molar-refractivity contribution in [3.8, 4) is 0 Å². The van der Waals surface area contributed by atoms with E-state index in [2.05, 4.69) is 0 Å². The summed E-state index contributed by atoms with van der Waals surface area (Å²) in [5.74, 6) is 1.95. The van der Waals surface area contributed by atoms with E-state index in [-0.39, 0.29) is 5.92 Å². The molecule has 2 aliphatic carbocycles. The van der Waals surface area contributed by atoms with Crippen LogP contribution in [0.1, 0.15) is 38.5 Å². The number of rotatable bonds is 7. The molecule has 0 heterocycles. The van der Waals surface area contributed by atoms with Crippen LogP contribution in [0.4, 0.5) is 0 Å². The van der Waals surface area contributed by atoms with Gasteiger partial charge in [0.15, 0.2) is 0 Å². The van der Waals surface area contributed by atoms with Crippen LogP contribution in [0.3, 0.4) is 0 Å². The number of hydrogen-bond donors (Lipinski definition) is 1. The lowest BCUT2D eigenvalue weighted by molar-refractivity contribution is -0.136. The van der Waals surface area contributed by atoms with Crippen LogP contribution in [-0.4, -0.2) is 44.2 Å². The van der Waals surface area contributed by atoms with E-state index in [0.29, 0.717) is 18.4 Å². The highest BCUT2D eigenvalue weighted by Gasteiger charge is 2.27. The molecule has 0 atom stereocenters. The molecule has 4 nitrogen and oxygen atoms in total. The fourth-order valence-corrected chi connectivity index (χ4v) is 2.80. The van der Waals surface area contributed by atoms with Gasteiger partial charge in [0.25, 0.3) is 0 Å². The van der Waals surface area contributed by atoms with Crippen molar-refractivity contribution in [3.05, 3.63) is 0 Å². The molecule has 2 fully saturated rings. The molecule has 2 saturated carbocycles. The molecule has 2 aliphatic rings. The molecule has 0 saturated heterocycles. The van der Waals surface area contributed by atoms with Gasteiger partial charge in [0.05, 0.1) is 6.61 Å². The van der Waals surface area contributed by atoms with Gasteiger partial charge in [-0.3, -0.25) is 4.79 Å². The molecule has 0 aromatic heterocycles. The Hall–Kier alpha value is -0.610. The molecule has 2 N–H and O–H groups in total. The zero-order chi connectivity index (χ0) is 13.7. The van der Waals surface area contributed by atoms with Crippen molar-refractivity contribution < 1.29 is 9.53 Å². The van der Waals surface area contributed by atoms with Crippen LogP contribution < -0.4 is 5.73 Å². The van der Waals surface area contributed by atoms with E-state index in [1.165, 1.54) is 12.8 Å². The van der Waals surface area contributed by atoms with Gasteiger partial charge < -0.3 is 15.4 Å². The monoisotopic (exact) mass is 268 g/mol. The second kappa shape index (κ2) is 7.25. The normalized spacial score (nSPS) is 27.3. The molecule has 4 heteroatoms. The number of carbonyl (C=O) groups is 1. The maximum absolute atomic E-state index is 12.3. The largest absolute Gasteiger partial charge is 0.379 e. The Morgan fingerprint density at radius 2 is 1.79 bits per heavy atom. The predicted molar refractivity (Wildman–Crippen MR) is 75.7 cm³/mol.